The van der Waals surface area contributed by atoms with Crippen LogP contribution in [-0.2, 0) is 5.41 Å². The summed E-state index contributed by atoms with van der Waals surface area (Å²) in [5.74, 6) is 0.409. The van der Waals surface area contributed by atoms with Gasteiger partial charge in [-0.15, -0.1) is 5.10 Å². The van der Waals surface area contributed by atoms with Crippen LogP contribution < -0.4 is 5.32 Å². The van der Waals surface area contributed by atoms with Crippen LogP contribution >= 0.6 is 27.5 Å². The number of anilines is 1. The van der Waals surface area contributed by atoms with Crippen molar-refractivity contribution >= 4 is 39.1 Å². The number of nitrogens with one attached hydrogen (secondary N) is 2. The van der Waals surface area contributed by atoms with Crippen LogP contribution in [0.15, 0.2) is 22.7 Å². The number of H-pyrrole nitrogens is 1. The second-order valence-electron chi connectivity index (χ2n) is 5.34. The number of aromatic amines is 1. The molecule has 0 atom stereocenters. The van der Waals surface area contributed by atoms with Gasteiger partial charge in [-0.05, 0) is 34.1 Å². The third kappa shape index (κ3) is 3.37. The number of carbonyl (C=O) groups is 1. The van der Waals surface area contributed by atoms with Gasteiger partial charge in [-0.3, -0.25) is 9.89 Å². The number of nitrogens with zero attached hydrogens (tertiary/aromatic N) is 2. The normalized spacial score (nSPS) is 11.4. The van der Waals surface area contributed by atoms with Crippen molar-refractivity contribution < 1.29 is 4.79 Å². The Kier molecular flexibility index (Phi) is 4.15. The van der Waals surface area contributed by atoms with Gasteiger partial charge in [0, 0.05) is 15.6 Å². The molecule has 0 aliphatic rings. The summed E-state index contributed by atoms with van der Waals surface area (Å²) in [4.78, 5) is 16.2. The SMILES string of the molecule is CC(C)(C)c1nc(C(=O)Nc2ccc(Cl)c(Br)c2)n[nH]1. The Labute approximate surface area is 130 Å². The summed E-state index contributed by atoms with van der Waals surface area (Å²) in [6.45, 7) is 5.97. The molecule has 0 spiro atoms. The molecule has 1 heterocycles. The fourth-order valence-electron chi connectivity index (χ4n) is 1.46. The Hall–Kier alpha value is -1.40. The number of hydrogen-bond donors (Lipinski definition) is 2. The van der Waals surface area contributed by atoms with Crippen molar-refractivity contribution in [2.45, 2.75) is 26.2 Å². The topological polar surface area (TPSA) is 70.7 Å². The van der Waals surface area contributed by atoms with Crippen molar-refractivity contribution in [3.05, 3.63) is 39.3 Å². The molecule has 0 saturated heterocycles. The molecule has 0 unspecified atom stereocenters. The number of carbonyl (C=O) groups excluding carboxylic acids is 1. The molecule has 5 nitrogen and oxygen atoms in total. The van der Waals surface area contributed by atoms with Gasteiger partial charge in [-0.1, -0.05) is 32.4 Å². The van der Waals surface area contributed by atoms with E-state index in [0.29, 0.717) is 21.0 Å². The van der Waals surface area contributed by atoms with E-state index in [-0.39, 0.29) is 17.1 Å². The Bertz CT molecular complexity index is 648. The molecule has 2 rings (SSSR count). The summed E-state index contributed by atoms with van der Waals surface area (Å²) in [5, 5.41) is 10.0. The Morgan fingerprint density at radius 3 is 2.65 bits per heavy atom. The van der Waals surface area contributed by atoms with E-state index in [4.69, 9.17) is 11.6 Å². The van der Waals surface area contributed by atoms with Gasteiger partial charge < -0.3 is 5.32 Å². The minimum atomic E-state index is -0.369. The van der Waals surface area contributed by atoms with E-state index < -0.39 is 0 Å². The molecule has 1 aromatic heterocycles. The van der Waals surface area contributed by atoms with Crippen molar-refractivity contribution in [1.29, 1.82) is 0 Å². The Morgan fingerprint density at radius 2 is 2.10 bits per heavy atom. The molecule has 0 saturated carbocycles. The molecular formula is C13H14BrClN4O. The minimum absolute atomic E-state index is 0.112. The Balaban J connectivity index is 2.16. The monoisotopic (exact) mass is 356 g/mol. The zero-order valence-corrected chi connectivity index (χ0v) is 13.6. The number of amides is 1. The summed E-state index contributed by atoms with van der Waals surface area (Å²) < 4.78 is 0.710. The predicted octanol–water partition coefficient (Wildman–Crippen LogP) is 3.77. The molecule has 7 heteroatoms. The predicted molar refractivity (Wildman–Crippen MR) is 82.2 cm³/mol. The van der Waals surface area contributed by atoms with Crippen LogP contribution in [0.1, 0.15) is 37.2 Å². The van der Waals surface area contributed by atoms with Crippen molar-refractivity contribution in [3.8, 4) is 0 Å². The van der Waals surface area contributed by atoms with E-state index in [1.807, 2.05) is 20.8 Å². The fraction of sp³-hybridized carbons (Fsp3) is 0.308. The van der Waals surface area contributed by atoms with Gasteiger partial charge in [0.15, 0.2) is 0 Å². The van der Waals surface area contributed by atoms with Gasteiger partial charge in [-0.25, -0.2) is 4.98 Å². The maximum absolute atomic E-state index is 12.0. The molecule has 20 heavy (non-hydrogen) atoms. The summed E-state index contributed by atoms with van der Waals surface area (Å²) in [6.07, 6.45) is 0. The van der Waals surface area contributed by atoms with E-state index in [1.54, 1.807) is 18.2 Å². The summed E-state index contributed by atoms with van der Waals surface area (Å²) in [6, 6.07) is 5.12. The number of aromatic nitrogens is 3. The van der Waals surface area contributed by atoms with E-state index in [9.17, 15) is 4.79 Å². The molecule has 0 aliphatic carbocycles. The molecular weight excluding hydrogens is 344 g/mol. The molecule has 2 aromatic rings. The van der Waals surface area contributed by atoms with Crippen LogP contribution in [0.25, 0.3) is 0 Å². The van der Waals surface area contributed by atoms with E-state index >= 15 is 0 Å². The smallest absolute Gasteiger partial charge is 0.295 e. The van der Waals surface area contributed by atoms with Crippen LogP contribution in [0.5, 0.6) is 0 Å². The summed E-state index contributed by atoms with van der Waals surface area (Å²) in [7, 11) is 0. The maximum atomic E-state index is 12.0. The lowest BCUT2D eigenvalue weighted by Gasteiger charge is -2.12. The zero-order valence-electron chi connectivity index (χ0n) is 11.3. The largest absolute Gasteiger partial charge is 0.319 e. The van der Waals surface area contributed by atoms with Crippen LogP contribution in [0.4, 0.5) is 5.69 Å². The highest BCUT2D eigenvalue weighted by Crippen LogP contribution is 2.25. The van der Waals surface area contributed by atoms with Crippen molar-refractivity contribution in [1.82, 2.24) is 15.2 Å². The first-order valence-corrected chi connectivity index (χ1v) is 7.14. The second-order valence-corrected chi connectivity index (χ2v) is 6.60. The van der Waals surface area contributed by atoms with Gasteiger partial charge in [-0.2, -0.15) is 0 Å². The van der Waals surface area contributed by atoms with Crippen LogP contribution in [0, 0.1) is 0 Å². The number of rotatable bonds is 2. The second kappa shape index (κ2) is 5.54. The summed E-state index contributed by atoms with van der Waals surface area (Å²) >= 11 is 9.20. The van der Waals surface area contributed by atoms with Crippen molar-refractivity contribution in [3.63, 3.8) is 0 Å². The molecule has 0 aliphatic heterocycles. The average molecular weight is 358 g/mol. The number of benzene rings is 1. The average Bonchev–Trinajstić information content (AvgIpc) is 2.83. The molecule has 1 aromatic carbocycles. The molecule has 1 amide bonds. The highest BCUT2D eigenvalue weighted by Gasteiger charge is 2.21. The summed E-state index contributed by atoms with van der Waals surface area (Å²) in [5.41, 5.74) is 0.433. The van der Waals surface area contributed by atoms with Crippen LogP contribution in [0.2, 0.25) is 5.02 Å². The van der Waals surface area contributed by atoms with Gasteiger partial charge in [0.05, 0.1) is 5.02 Å². The van der Waals surface area contributed by atoms with E-state index in [2.05, 4.69) is 36.4 Å². The van der Waals surface area contributed by atoms with Gasteiger partial charge in [0.2, 0.25) is 5.82 Å². The highest BCUT2D eigenvalue weighted by molar-refractivity contribution is 9.10. The number of halogens is 2. The van der Waals surface area contributed by atoms with Crippen LogP contribution in [0.3, 0.4) is 0 Å². The molecule has 0 bridgehead atoms. The third-order valence-electron chi connectivity index (χ3n) is 2.58. The lowest BCUT2D eigenvalue weighted by molar-refractivity contribution is 0.101. The first-order chi connectivity index (χ1) is 9.27. The lowest BCUT2D eigenvalue weighted by atomic mass is 9.96. The van der Waals surface area contributed by atoms with Gasteiger partial charge >= 0.3 is 0 Å². The van der Waals surface area contributed by atoms with Crippen LogP contribution in [-0.4, -0.2) is 21.1 Å². The number of hydrogen-bond acceptors (Lipinski definition) is 3. The third-order valence-corrected chi connectivity index (χ3v) is 3.79. The standard InChI is InChI=1S/C13H14BrClN4O/c1-13(2,3)12-17-10(18-19-12)11(20)16-7-4-5-9(15)8(14)6-7/h4-6H,1-3H3,(H,16,20)(H,17,18,19). The fourth-order valence-corrected chi connectivity index (χ4v) is 1.96. The van der Waals surface area contributed by atoms with E-state index in [1.165, 1.54) is 0 Å². The molecule has 0 fully saturated rings. The first kappa shape index (κ1) is 15.0. The molecule has 0 radical (unpaired) electrons. The quantitative estimate of drug-likeness (QED) is 0.859. The van der Waals surface area contributed by atoms with E-state index in [0.717, 1.165) is 0 Å². The zero-order chi connectivity index (χ0) is 14.9. The van der Waals surface area contributed by atoms with Crippen molar-refractivity contribution in [2.24, 2.45) is 0 Å². The first-order valence-electron chi connectivity index (χ1n) is 5.96. The maximum Gasteiger partial charge on any atom is 0.295 e. The molecule has 106 valence electrons. The molecule has 2 N–H and O–H groups in total. The highest BCUT2D eigenvalue weighted by atomic mass is 79.9. The Morgan fingerprint density at radius 1 is 1.40 bits per heavy atom. The van der Waals surface area contributed by atoms with Gasteiger partial charge in [0.25, 0.3) is 5.91 Å². The van der Waals surface area contributed by atoms with Crippen molar-refractivity contribution in [2.75, 3.05) is 5.32 Å². The lowest BCUT2D eigenvalue weighted by Crippen LogP contribution is -2.16. The van der Waals surface area contributed by atoms with Gasteiger partial charge in [0.1, 0.15) is 5.82 Å². The minimum Gasteiger partial charge on any atom is -0.319 e.